The second kappa shape index (κ2) is 3.05. The molecule has 0 aliphatic heterocycles. The fraction of sp³-hybridized carbons (Fsp3) is 0.167. The average Bonchev–Trinajstić information content (AvgIpc) is 2.48. The van der Waals surface area contributed by atoms with Crippen molar-refractivity contribution in [2.75, 3.05) is 16.7 Å². The number of nitrogen functional groups attached to an aromatic ring is 1. The molecule has 2 aromatic heterocycles. The Morgan fingerprint density at radius 1 is 1.47 bits per heavy atom. The second-order valence-electron chi connectivity index (χ2n) is 2.91. The van der Waals surface area contributed by atoms with Gasteiger partial charge in [0.05, 0.1) is 12.6 Å². The van der Waals surface area contributed by atoms with E-state index in [2.05, 4.69) is 24.7 Å². The van der Waals surface area contributed by atoms with Crippen molar-refractivity contribution < 1.29 is 8.42 Å². The molecule has 0 amide bonds. The zero-order valence-corrected chi connectivity index (χ0v) is 8.54. The SMILES string of the molecule is CS(=O)(=O)Nc1nc(N)c2[nH]cnc2n1. The van der Waals surface area contributed by atoms with Crippen molar-refractivity contribution >= 4 is 33.0 Å². The summed E-state index contributed by atoms with van der Waals surface area (Å²) in [6, 6.07) is 0. The van der Waals surface area contributed by atoms with Gasteiger partial charge in [-0.25, -0.2) is 13.4 Å². The monoisotopic (exact) mass is 228 g/mol. The Balaban J connectivity index is 2.54. The Morgan fingerprint density at radius 3 is 2.87 bits per heavy atom. The van der Waals surface area contributed by atoms with Crippen molar-refractivity contribution in [1.29, 1.82) is 0 Å². The van der Waals surface area contributed by atoms with Crippen LogP contribution in [0.3, 0.4) is 0 Å². The lowest BCUT2D eigenvalue weighted by Gasteiger charge is -2.02. The van der Waals surface area contributed by atoms with Crippen LogP contribution in [0.2, 0.25) is 0 Å². The molecule has 0 fully saturated rings. The largest absolute Gasteiger partial charge is 0.382 e. The van der Waals surface area contributed by atoms with Crippen LogP contribution in [0.15, 0.2) is 6.33 Å². The summed E-state index contributed by atoms with van der Waals surface area (Å²) >= 11 is 0. The van der Waals surface area contributed by atoms with Crippen LogP contribution in [0.25, 0.3) is 11.2 Å². The van der Waals surface area contributed by atoms with Crippen LogP contribution in [-0.2, 0) is 10.0 Å². The second-order valence-corrected chi connectivity index (χ2v) is 4.66. The number of hydrogen-bond donors (Lipinski definition) is 3. The molecule has 0 radical (unpaired) electrons. The van der Waals surface area contributed by atoms with Gasteiger partial charge in [0.15, 0.2) is 11.5 Å². The summed E-state index contributed by atoms with van der Waals surface area (Å²) in [7, 11) is -3.41. The summed E-state index contributed by atoms with van der Waals surface area (Å²) in [5, 5.41) is 0. The van der Waals surface area contributed by atoms with Crippen molar-refractivity contribution in [2.24, 2.45) is 0 Å². The van der Waals surface area contributed by atoms with Crippen LogP contribution < -0.4 is 10.5 Å². The van der Waals surface area contributed by atoms with Gasteiger partial charge in [-0.3, -0.25) is 4.72 Å². The highest BCUT2D eigenvalue weighted by Crippen LogP contribution is 2.15. The first-order valence-corrected chi connectivity index (χ1v) is 5.79. The van der Waals surface area contributed by atoms with Crippen molar-refractivity contribution in [3.05, 3.63) is 6.33 Å². The van der Waals surface area contributed by atoms with Crippen LogP contribution in [0.4, 0.5) is 11.8 Å². The predicted octanol–water partition coefficient (Wildman–Crippen LogP) is -0.693. The zero-order chi connectivity index (χ0) is 11.1. The minimum Gasteiger partial charge on any atom is -0.382 e. The average molecular weight is 228 g/mol. The lowest BCUT2D eigenvalue weighted by atomic mass is 10.5. The fourth-order valence-electron chi connectivity index (χ4n) is 1.07. The van der Waals surface area contributed by atoms with E-state index in [1.165, 1.54) is 6.33 Å². The first-order valence-electron chi connectivity index (χ1n) is 3.90. The maximum atomic E-state index is 10.9. The van der Waals surface area contributed by atoms with Crippen molar-refractivity contribution in [3.8, 4) is 0 Å². The van der Waals surface area contributed by atoms with E-state index in [1.54, 1.807) is 0 Å². The van der Waals surface area contributed by atoms with E-state index in [1.807, 2.05) is 0 Å². The highest BCUT2D eigenvalue weighted by molar-refractivity contribution is 7.91. The maximum absolute atomic E-state index is 10.9. The van der Waals surface area contributed by atoms with E-state index in [9.17, 15) is 8.42 Å². The number of aromatic nitrogens is 4. The molecule has 0 saturated heterocycles. The molecule has 0 unspecified atom stereocenters. The quantitative estimate of drug-likeness (QED) is 0.624. The molecule has 0 bridgehead atoms. The van der Waals surface area contributed by atoms with Gasteiger partial charge in [0.2, 0.25) is 16.0 Å². The first-order chi connectivity index (χ1) is 6.96. The van der Waals surface area contributed by atoms with Gasteiger partial charge in [-0.05, 0) is 0 Å². The minimum atomic E-state index is -3.41. The molecule has 9 heteroatoms. The van der Waals surface area contributed by atoms with E-state index in [4.69, 9.17) is 5.73 Å². The number of sulfonamides is 1. The molecule has 4 N–H and O–H groups in total. The molecule has 2 aromatic rings. The highest BCUT2D eigenvalue weighted by Gasteiger charge is 2.09. The molecule has 2 rings (SSSR count). The molecule has 0 aromatic carbocycles. The van der Waals surface area contributed by atoms with Gasteiger partial charge in [-0.15, -0.1) is 0 Å². The van der Waals surface area contributed by atoms with Crippen molar-refractivity contribution in [2.45, 2.75) is 0 Å². The number of H-pyrrole nitrogens is 1. The minimum absolute atomic E-state index is 0.0883. The topological polar surface area (TPSA) is 127 Å². The lowest BCUT2D eigenvalue weighted by molar-refractivity contribution is 0.606. The summed E-state index contributed by atoms with van der Waals surface area (Å²) in [6.45, 7) is 0. The Morgan fingerprint density at radius 2 is 2.20 bits per heavy atom. The Hall–Kier alpha value is -1.90. The third-order valence-electron chi connectivity index (χ3n) is 1.59. The number of anilines is 2. The number of hydrogen-bond acceptors (Lipinski definition) is 6. The van der Waals surface area contributed by atoms with Crippen LogP contribution in [-0.4, -0.2) is 34.6 Å². The third-order valence-corrected chi connectivity index (χ3v) is 2.14. The predicted molar refractivity (Wildman–Crippen MR) is 54.6 cm³/mol. The Bertz CT molecular complexity index is 603. The van der Waals surface area contributed by atoms with Crippen LogP contribution in [0, 0.1) is 0 Å². The molecule has 0 atom stereocenters. The van der Waals surface area contributed by atoms with Gasteiger partial charge in [0.25, 0.3) is 0 Å². The van der Waals surface area contributed by atoms with Gasteiger partial charge < -0.3 is 10.7 Å². The molecule has 0 saturated carbocycles. The molecule has 0 aliphatic carbocycles. The molecular weight excluding hydrogens is 220 g/mol. The van der Waals surface area contributed by atoms with E-state index < -0.39 is 10.0 Å². The third kappa shape index (κ3) is 1.96. The summed E-state index contributed by atoms with van der Waals surface area (Å²) in [5.41, 5.74) is 6.36. The first kappa shape index (κ1) is 9.65. The van der Waals surface area contributed by atoms with E-state index >= 15 is 0 Å². The number of nitrogens with two attached hydrogens (primary N) is 1. The van der Waals surface area contributed by atoms with Gasteiger partial charge in [0, 0.05) is 0 Å². The van der Waals surface area contributed by atoms with E-state index in [-0.39, 0.29) is 11.8 Å². The molecule has 80 valence electrons. The molecular formula is C6H8N6O2S. The zero-order valence-electron chi connectivity index (χ0n) is 7.72. The molecule has 2 heterocycles. The lowest BCUT2D eigenvalue weighted by Crippen LogP contribution is -2.13. The maximum Gasteiger partial charge on any atom is 0.240 e. The number of rotatable bonds is 2. The van der Waals surface area contributed by atoms with Crippen LogP contribution in [0.1, 0.15) is 0 Å². The smallest absolute Gasteiger partial charge is 0.240 e. The fourth-order valence-corrected chi connectivity index (χ4v) is 1.49. The van der Waals surface area contributed by atoms with Gasteiger partial charge >= 0.3 is 0 Å². The molecule has 8 nitrogen and oxygen atoms in total. The number of imidazole rings is 1. The van der Waals surface area contributed by atoms with Crippen LogP contribution >= 0.6 is 0 Å². The standard InChI is InChI=1S/C6H8N6O2S/c1-15(13,14)12-6-10-4(7)3-5(11-6)9-2-8-3/h2H,1H3,(H4,7,8,9,10,11,12). The summed E-state index contributed by atoms with van der Waals surface area (Å²) in [4.78, 5) is 14.2. The van der Waals surface area contributed by atoms with Crippen molar-refractivity contribution in [3.63, 3.8) is 0 Å². The van der Waals surface area contributed by atoms with Gasteiger partial charge in [-0.1, -0.05) is 0 Å². The van der Waals surface area contributed by atoms with Crippen molar-refractivity contribution in [1.82, 2.24) is 19.9 Å². The molecule has 15 heavy (non-hydrogen) atoms. The number of nitrogens with one attached hydrogen (secondary N) is 2. The normalized spacial score (nSPS) is 11.8. The van der Waals surface area contributed by atoms with E-state index in [0.717, 1.165) is 6.26 Å². The Labute approximate surface area is 85.0 Å². The summed E-state index contributed by atoms with van der Waals surface area (Å²) in [5.74, 6) is 0.0539. The van der Waals surface area contributed by atoms with Gasteiger partial charge in [0.1, 0.15) is 5.52 Å². The number of nitrogens with zero attached hydrogens (tertiary/aromatic N) is 3. The molecule has 0 aliphatic rings. The highest BCUT2D eigenvalue weighted by atomic mass is 32.2. The van der Waals surface area contributed by atoms with E-state index in [0.29, 0.717) is 11.2 Å². The van der Waals surface area contributed by atoms with Crippen LogP contribution in [0.5, 0.6) is 0 Å². The number of aromatic amines is 1. The Kier molecular flexibility index (Phi) is 1.96. The van der Waals surface area contributed by atoms with Gasteiger partial charge in [-0.2, -0.15) is 9.97 Å². The summed E-state index contributed by atoms with van der Waals surface area (Å²) < 4.78 is 24.0. The summed E-state index contributed by atoms with van der Waals surface area (Å²) in [6.07, 6.45) is 2.40. The number of fused-ring (bicyclic) bond motifs is 1. The molecule has 0 spiro atoms.